The monoisotopic (exact) mass is 278 g/mol. The lowest BCUT2D eigenvalue weighted by Crippen LogP contribution is -2.39. The molecule has 1 rings (SSSR count). The molecule has 0 heterocycles. The van der Waals surface area contributed by atoms with Crippen molar-refractivity contribution in [1.29, 1.82) is 0 Å². The second kappa shape index (κ2) is 7.41. The molecule has 0 fully saturated rings. The maximum absolute atomic E-state index is 12.2. The number of para-hydroxylation sites is 1. The first-order valence-electron chi connectivity index (χ1n) is 7.11. The van der Waals surface area contributed by atoms with Crippen molar-refractivity contribution in [1.82, 2.24) is 4.90 Å². The van der Waals surface area contributed by atoms with Crippen LogP contribution < -0.4 is 5.32 Å². The lowest BCUT2D eigenvalue weighted by atomic mass is 10.1. The van der Waals surface area contributed by atoms with Gasteiger partial charge in [-0.3, -0.25) is 9.69 Å². The third-order valence-electron chi connectivity index (χ3n) is 3.61. The van der Waals surface area contributed by atoms with Gasteiger partial charge in [0, 0.05) is 19.3 Å². The summed E-state index contributed by atoms with van der Waals surface area (Å²) in [6.07, 6.45) is 0. The van der Waals surface area contributed by atoms with E-state index in [1.165, 1.54) is 0 Å². The SMILES string of the molecule is CCN(CC)Cc1ccccc1NC(=O)C(C)(C)OC. The lowest BCUT2D eigenvalue weighted by Gasteiger charge is -2.24. The molecule has 4 heteroatoms. The zero-order valence-electron chi connectivity index (χ0n) is 13.2. The van der Waals surface area contributed by atoms with Crippen LogP contribution in [0.15, 0.2) is 24.3 Å². The van der Waals surface area contributed by atoms with Crippen molar-refractivity contribution in [2.75, 3.05) is 25.5 Å². The summed E-state index contributed by atoms with van der Waals surface area (Å²) >= 11 is 0. The van der Waals surface area contributed by atoms with Gasteiger partial charge >= 0.3 is 0 Å². The standard InChI is InChI=1S/C16H26N2O2/c1-6-18(7-2)12-13-10-8-9-11-14(13)17-15(19)16(3,4)20-5/h8-11H,6-7,12H2,1-5H3,(H,17,19). The predicted molar refractivity (Wildman–Crippen MR) is 82.8 cm³/mol. The van der Waals surface area contributed by atoms with Crippen LogP contribution in [0.5, 0.6) is 0 Å². The Labute approximate surface area is 122 Å². The molecular weight excluding hydrogens is 252 g/mol. The van der Waals surface area contributed by atoms with E-state index in [1.807, 2.05) is 24.3 Å². The van der Waals surface area contributed by atoms with Gasteiger partial charge in [-0.1, -0.05) is 32.0 Å². The summed E-state index contributed by atoms with van der Waals surface area (Å²) in [5.74, 6) is -0.132. The van der Waals surface area contributed by atoms with Gasteiger partial charge in [0.25, 0.3) is 5.91 Å². The van der Waals surface area contributed by atoms with Crippen molar-refractivity contribution < 1.29 is 9.53 Å². The highest BCUT2D eigenvalue weighted by Gasteiger charge is 2.27. The van der Waals surface area contributed by atoms with E-state index < -0.39 is 5.60 Å². The molecule has 1 N–H and O–H groups in total. The summed E-state index contributed by atoms with van der Waals surface area (Å²) in [5.41, 5.74) is 1.15. The molecule has 0 spiro atoms. The van der Waals surface area contributed by atoms with Crippen molar-refractivity contribution in [3.8, 4) is 0 Å². The minimum atomic E-state index is -0.831. The van der Waals surface area contributed by atoms with Crippen LogP contribution >= 0.6 is 0 Å². The van der Waals surface area contributed by atoms with Gasteiger partial charge in [-0.05, 0) is 38.6 Å². The number of methoxy groups -OCH3 is 1. The van der Waals surface area contributed by atoms with Crippen LogP contribution in [0.4, 0.5) is 5.69 Å². The number of hydrogen-bond donors (Lipinski definition) is 1. The molecular formula is C16H26N2O2. The average molecular weight is 278 g/mol. The zero-order valence-corrected chi connectivity index (χ0v) is 13.2. The molecule has 0 aromatic heterocycles. The first kappa shape index (κ1) is 16.7. The molecule has 0 saturated heterocycles. The molecule has 20 heavy (non-hydrogen) atoms. The molecule has 112 valence electrons. The molecule has 0 atom stereocenters. The van der Waals surface area contributed by atoms with Crippen LogP contribution in [-0.2, 0) is 16.1 Å². The Balaban J connectivity index is 2.88. The Bertz CT molecular complexity index is 440. The van der Waals surface area contributed by atoms with Crippen LogP contribution in [0, 0.1) is 0 Å². The van der Waals surface area contributed by atoms with Gasteiger partial charge < -0.3 is 10.1 Å². The first-order chi connectivity index (χ1) is 9.44. The van der Waals surface area contributed by atoms with Crippen molar-refractivity contribution in [3.05, 3.63) is 29.8 Å². The van der Waals surface area contributed by atoms with Crippen LogP contribution in [0.25, 0.3) is 0 Å². The third-order valence-corrected chi connectivity index (χ3v) is 3.61. The first-order valence-corrected chi connectivity index (χ1v) is 7.11. The zero-order chi connectivity index (χ0) is 15.2. The minimum absolute atomic E-state index is 0.132. The lowest BCUT2D eigenvalue weighted by molar-refractivity contribution is -0.133. The topological polar surface area (TPSA) is 41.6 Å². The fourth-order valence-electron chi connectivity index (χ4n) is 1.83. The number of carbonyl (C=O) groups excluding carboxylic acids is 1. The number of rotatable bonds is 7. The number of carbonyl (C=O) groups is 1. The van der Waals surface area contributed by atoms with E-state index in [-0.39, 0.29) is 5.91 Å². The van der Waals surface area contributed by atoms with Crippen LogP contribution in [0.1, 0.15) is 33.3 Å². The Morgan fingerprint density at radius 1 is 1.25 bits per heavy atom. The van der Waals surface area contributed by atoms with Crippen molar-refractivity contribution >= 4 is 11.6 Å². The van der Waals surface area contributed by atoms with Gasteiger partial charge in [0.15, 0.2) is 0 Å². The number of nitrogens with one attached hydrogen (secondary N) is 1. The molecule has 0 radical (unpaired) electrons. The Morgan fingerprint density at radius 2 is 1.85 bits per heavy atom. The van der Waals surface area contributed by atoms with Gasteiger partial charge in [0.1, 0.15) is 5.60 Å². The minimum Gasteiger partial charge on any atom is -0.369 e. The highest BCUT2D eigenvalue weighted by atomic mass is 16.5. The molecule has 0 aliphatic carbocycles. The van der Waals surface area contributed by atoms with E-state index in [9.17, 15) is 4.79 Å². The fourth-order valence-corrected chi connectivity index (χ4v) is 1.83. The summed E-state index contributed by atoms with van der Waals surface area (Å²) in [6.45, 7) is 10.6. The maximum atomic E-state index is 12.2. The summed E-state index contributed by atoms with van der Waals surface area (Å²) in [4.78, 5) is 14.5. The summed E-state index contributed by atoms with van der Waals surface area (Å²) in [6, 6.07) is 7.91. The molecule has 1 aromatic rings. The Kier molecular flexibility index (Phi) is 6.17. The second-order valence-electron chi connectivity index (χ2n) is 5.29. The predicted octanol–water partition coefficient (Wildman–Crippen LogP) is 2.89. The number of amides is 1. The molecule has 0 bridgehead atoms. The van der Waals surface area contributed by atoms with Crippen LogP contribution in [-0.4, -0.2) is 36.6 Å². The molecule has 4 nitrogen and oxygen atoms in total. The summed E-state index contributed by atoms with van der Waals surface area (Å²) < 4.78 is 5.21. The number of benzene rings is 1. The summed E-state index contributed by atoms with van der Waals surface area (Å²) in [5, 5.41) is 2.96. The molecule has 0 saturated carbocycles. The maximum Gasteiger partial charge on any atom is 0.256 e. The molecule has 0 aliphatic rings. The largest absolute Gasteiger partial charge is 0.369 e. The number of ether oxygens (including phenoxy) is 1. The van der Waals surface area contributed by atoms with E-state index in [0.29, 0.717) is 0 Å². The molecule has 1 aromatic carbocycles. The van der Waals surface area contributed by atoms with Crippen LogP contribution in [0.3, 0.4) is 0 Å². The van der Waals surface area contributed by atoms with E-state index >= 15 is 0 Å². The van der Waals surface area contributed by atoms with E-state index in [1.54, 1.807) is 21.0 Å². The summed E-state index contributed by atoms with van der Waals surface area (Å²) in [7, 11) is 1.54. The van der Waals surface area contributed by atoms with Gasteiger partial charge in [-0.25, -0.2) is 0 Å². The van der Waals surface area contributed by atoms with E-state index in [0.717, 1.165) is 30.9 Å². The number of anilines is 1. The van der Waals surface area contributed by atoms with Gasteiger partial charge in [0.2, 0.25) is 0 Å². The quantitative estimate of drug-likeness (QED) is 0.834. The highest BCUT2D eigenvalue weighted by Crippen LogP contribution is 2.19. The second-order valence-corrected chi connectivity index (χ2v) is 5.29. The Morgan fingerprint density at radius 3 is 2.40 bits per heavy atom. The smallest absolute Gasteiger partial charge is 0.256 e. The van der Waals surface area contributed by atoms with Crippen molar-refractivity contribution in [2.24, 2.45) is 0 Å². The van der Waals surface area contributed by atoms with Gasteiger partial charge in [-0.2, -0.15) is 0 Å². The molecule has 1 amide bonds. The molecule has 0 aliphatic heterocycles. The number of hydrogen-bond acceptors (Lipinski definition) is 3. The normalized spacial score (nSPS) is 11.7. The number of nitrogens with zero attached hydrogens (tertiary/aromatic N) is 1. The highest BCUT2D eigenvalue weighted by molar-refractivity contribution is 5.97. The van der Waals surface area contributed by atoms with Gasteiger partial charge in [-0.15, -0.1) is 0 Å². The molecule has 0 unspecified atom stereocenters. The van der Waals surface area contributed by atoms with Gasteiger partial charge in [0.05, 0.1) is 0 Å². The Hall–Kier alpha value is -1.39. The van der Waals surface area contributed by atoms with Crippen molar-refractivity contribution in [2.45, 2.75) is 39.8 Å². The van der Waals surface area contributed by atoms with E-state index in [2.05, 4.69) is 24.1 Å². The fraction of sp³-hybridized carbons (Fsp3) is 0.562. The van der Waals surface area contributed by atoms with E-state index in [4.69, 9.17) is 4.74 Å². The average Bonchev–Trinajstić information content (AvgIpc) is 2.46. The third kappa shape index (κ3) is 4.32. The van der Waals surface area contributed by atoms with Crippen LogP contribution in [0.2, 0.25) is 0 Å². The van der Waals surface area contributed by atoms with Crippen molar-refractivity contribution in [3.63, 3.8) is 0 Å².